The number of rotatable bonds is 4. The molecule has 0 aromatic heterocycles. The molecule has 1 N–H and O–H groups in total. The Labute approximate surface area is 120 Å². The van der Waals surface area contributed by atoms with Crippen molar-refractivity contribution in [1.82, 2.24) is 4.90 Å². The Morgan fingerprint density at radius 1 is 1.42 bits per heavy atom. The summed E-state index contributed by atoms with van der Waals surface area (Å²) in [5.41, 5.74) is 0.0489. The van der Waals surface area contributed by atoms with Crippen molar-refractivity contribution >= 4 is 21.8 Å². The third-order valence-corrected chi connectivity index (χ3v) is 3.90. The van der Waals surface area contributed by atoms with Crippen molar-refractivity contribution in [2.75, 3.05) is 11.9 Å². The van der Waals surface area contributed by atoms with Crippen LogP contribution >= 0.6 is 15.9 Å². The molecular weight excluding hydrogens is 313 g/mol. The van der Waals surface area contributed by atoms with Gasteiger partial charge in [0.1, 0.15) is 11.6 Å². The lowest BCUT2D eigenvalue weighted by Gasteiger charge is -2.28. The topological polar surface area (TPSA) is 40.5 Å². The van der Waals surface area contributed by atoms with E-state index >= 15 is 0 Å². The number of hydrogen-bond donors (Lipinski definition) is 1. The van der Waals surface area contributed by atoms with E-state index in [9.17, 15) is 14.3 Å². The van der Waals surface area contributed by atoms with E-state index in [2.05, 4.69) is 15.9 Å². The van der Waals surface area contributed by atoms with Crippen molar-refractivity contribution in [2.24, 2.45) is 0 Å². The van der Waals surface area contributed by atoms with Crippen molar-refractivity contribution in [2.45, 2.75) is 31.7 Å². The van der Waals surface area contributed by atoms with E-state index < -0.39 is 5.82 Å². The van der Waals surface area contributed by atoms with Gasteiger partial charge in [-0.15, -0.1) is 0 Å². The van der Waals surface area contributed by atoms with E-state index in [4.69, 9.17) is 0 Å². The average molecular weight is 330 g/mol. The quantitative estimate of drug-likeness (QED) is 0.861. The lowest BCUT2D eigenvalue weighted by Crippen LogP contribution is -2.40. The van der Waals surface area contributed by atoms with Gasteiger partial charge in [0, 0.05) is 17.9 Å². The van der Waals surface area contributed by atoms with E-state index in [1.54, 1.807) is 4.90 Å². The number of carbonyl (C=O) groups is 1. The van der Waals surface area contributed by atoms with Crippen LogP contribution in [0.3, 0.4) is 0 Å². The number of benzene rings is 1. The zero-order chi connectivity index (χ0) is 13.8. The smallest absolute Gasteiger partial charge is 0.257 e. The first-order chi connectivity index (χ1) is 9.13. The normalized spacial score (nSPS) is 15.7. The van der Waals surface area contributed by atoms with Gasteiger partial charge in [-0.2, -0.15) is 0 Å². The molecule has 1 amide bonds. The van der Waals surface area contributed by atoms with Crippen LogP contribution in [0.2, 0.25) is 0 Å². The van der Waals surface area contributed by atoms with Gasteiger partial charge in [0.2, 0.25) is 0 Å². The fourth-order valence-electron chi connectivity index (χ4n) is 2.59. The van der Waals surface area contributed by atoms with Gasteiger partial charge < -0.3 is 10.0 Å². The first-order valence-corrected chi connectivity index (χ1v) is 7.61. The van der Waals surface area contributed by atoms with Gasteiger partial charge in [0.05, 0.1) is 5.56 Å². The summed E-state index contributed by atoms with van der Waals surface area (Å²) in [4.78, 5) is 14.2. The number of hydrogen-bond acceptors (Lipinski definition) is 2. The minimum Gasteiger partial charge on any atom is -0.507 e. The van der Waals surface area contributed by atoms with Crippen molar-refractivity contribution in [3.63, 3.8) is 0 Å². The lowest BCUT2D eigenvalue weighted by molar-refractivity contribution is 0.0692. The molecular formula is C14H17BrFNO2. The van der Waals surface area contributed by atoms with E-state index in [0.29, 0.717) is 11.9 Å². The molecule has 0 bridgehead atoms. The Hall–Kier alpha value is -1.10. The molecule has 3 nitrogen and oxygen atoms in total. The van der Waals surface area contributed by atoms with Gasteiger partial charge in [-0.3, -0.25) is 4.79 Å². The highest BCUT2D eigenvalue weighted by molar-refractivity contribution is 9.09. The third kappa shape index (κ3) is 3.26. The number of halogens is 2. The Kier molecular flexibility index (Phi) is 4.80. The molecule has 0 radical (unpaired) electrons. The second-order valence-corrected chi connectivity index (χ2v) is 5.58. The fraction of sp³-hybridized carbons (Fsp3) is 0.500. The van der Waals surface area contributed by atoms with Gasteiger partial charge in [-0.1, -0.05) is 28.8 Å². The standard InChI is InChI=1S/C14H17BrFNO2/c15-7-8-17(11-3-1-2-4-11)14(19)12-9-10(16)5-6-13(12)18/h5-6,9,11,18H,1-4,7-8H2. The van der Waals surface area contributed by atoms with E-state index in [1.807, 2.05) is 0 Å². The van der Waals surface area contributed by atoms with Crippen molar-refractivity contribution in [3.8, 4) is 5.75 Å². The molecule has 1 saturated carbocycles. The largest absolute Gasteiger partial charge is 0.507 e. The van der Waals surface area contributed by atoms with E-state index in [0.717, 1.165) is 37.8 Å². The Morgan fingerprint density at radius 3 is 2.74 bits per heavy atom. The van der Waals surface area contributed by atoms with Gasteiger partial charge in [0.15, 0.2) is 0 Å². The van der Waals surface area contributed by atoms with Crippen molar-refractivity contribution < 1.29 is 14.3 Å². The zero-order valence-electron chi connectivity index (χ0n) is 10.6. The van der Waals surface area contributed by atoms with Crippen LogP contribution in [-0.2, 0) is 0 Å². The summed E-state index contributed by atoms with van der Waals surface area (Å²) in [6.45, 7) is 0.569. The minimum atomic E-state index is -0.508. The predicted molar refractivity (Wildman–Crippen MR) is 75.2 cm³/mol. The van der Waals surface area contributed by atoms with Crippen LogP contribution in [0.15, 0.2) is 18.2 Å². The first kappa shape index (κ1) is 14.3. The lowest BCUT2D eigenvalue weighted by atomic mass is 10.1. The molecule has 2 rings (SSSR count). The highest BCUT2D eigenvalue weighted by Crippen LogP contribution is 2.27. The molecule has 19 heavy (non-hydrogen) atoms. The summed E-state index contributed by atoms with van der Waals surface area (Å²) >= 11 is 3.34. The zero-order valence-corrected chi connectivity index (χ0v) is 12.2. The van der Waals surface area contributed by atoms with Crippen LogP contribution in [0.5, 0.6) is 5.75 Å². The molecule has 0 atom stereocenters. The number of aromatic hydroxyl groups is 1. The van der Waals surface area contributed by atoms with Crippen LogP contribution in [0, 0.1) is 5.82 Å². The van der Waals surface area contributed by atoms with Crippen molar-refractivity contribution in [1.29, 1.82) is 0 Å². The number of alkyl halides is 1. The van der Waals surface area contributed by atoms with Crippen LogP contribution in [0.4, 0.5) is 4.39 Å². The molecule has 0 aliphatic heterocycles. The number of phenolic OH excluding ortho intramolecular Hbond substituents is 1. The maximum Gasteiger partial charge on any atom is 0.257 e. The molecule has 1 aromatic rings. The highest BCUT2D eigenvalue weighted by atomic mass is 79.9. The second-order valence-electron chi connectivity index (χ2n) is 4.79. The summed E-state index contributed by atoms with van der Waals surface area (Å²) in [7, 11) is 0. The SMILES string of the molecule is O=C(c1cc(F)ccc1O)N(CCBr)C1CCCC1. The summed E-state index contributed by atoms with van der Waals surface area (Å²) in [6, 6.07) is 3.68. The number of phenols is 1. The minimum absolute atomic E-state index is 0.0489. The molecule has 5 heteroatoms. The van der Waals surface area contributed by atoms with Gasteiger partial charge in [0.25, 0.3) is 5.91 Å². The van der Waals surface area contributed by atoms with Gasteiger partial charge in [-0.05, 0) is 31.0 Å². The number of carbonyl (C=O) groups excluding carboxylic acids is 1. The molecule has 0 spiro atoms. The Morgan fingerprint density at radius 2 is 2.11 bits per heavy atom. The molecule has 1 aliphatic carbocycles. The molecule has 104 valence electrons. The maximum absolute atomic E-state index is 13.2. The van der Waals surface area contributed by atoms with Crippen molar-refractivity contribution in [3.05, 3.63) is 29.6 Å². The summed E-state index contributed by atoms with van der Waals surface area (Å²) in [6.07, 6.45) is 4.20. The van der Waals surface area contributed by atoms with Crippen LogP contribution in [-0.4, -0.2) is 33.8 Å². The number of nitrogens with zero attached hydrogens (tertiary/aromatic N) is 1. The van der Waals surface area contributed by atoms with Crippen LogP contribution in [0.1, 0.15) is 36.0 Å². The number of amides is 1. The van der Waals surface area contributed by atoms with Gasteiger partial charge >= 0.3 is 0 Å². The monoisotopic (exact) mass is 329 g/mol. The first-order valence-electron chi connectivity index (χ1n) is 6.49. The molecule has 0 unspecified atom stereocenters. The van der Waals surface area contributed by atoms with Crippen LogP contribution in [0.25, 0.3) is 0 Å². The fourth-order valence-corrected chi connectivity index (χ4v) is 2.97. The maximum atomic E-state index is 13.2. The highest BCUT2D eigenvalue weighted by Gasteiger charge is 2.28. The van der Waals surface area contributed by atoms with E-state index in [1.165, 1.54) is 6.07 Å². The summed E-state index contributed by atoms with van der Waals surface area (Å²) in [5.74, 6) is -0.960. The predicted octanol–water partition coefficient (Wildman–Crippen LogP) is 3.31. The third-order valence-electron chi connectivity index (χ3n) is 3.54. The Bertz CT molecular complexity index is 461. The summed E-state index contributed by atoms with van der Waals surface area (Å²) in [5, 5.41) is 10.4. The van der Waals surface area contributed by atoms with Gasteiger partial charge in [-0.25, -0.2) is 4.39 Å². The second kappa shape index (κ2) is 6.37. The molecule has 0 heterocycles. The molecule has 0 saturated heterocycles. The molecule has 1 aromatic carbocycles. The molecule has 1 aliphatic rings. The van der Waals surface area contributed by atoms with Crippen LogP contribution < -0.4 is 0 Å². The van der Waals surface area contributed by atoms with E-state index in [-0.39, 0.29) is 23.3 Å². The average Bonchev–Trinajstić information content (AvgIpc) is 2.92. The molecule has 1 fully saturated rings. The summed E-state index contributed by atoms with van der Waals surface area (Å²) < 4.78 is 13.2. The Balaban J connectivity index is 2.25.